The van der Waals surface area contributed by atoms with Crippen molar-refractivity contribution in [2.45, 2.75) is 0 Å². The van der Waals surface area contributed by atoms with E-state index in [0.717, 1.165) is 11.8 Å². The minimum Gasteiger partial charge on any atom is -0.495 e. The van der Waals surface area contributed by atoms with E-state index in [1.165, 1.54) is 43.4 Å². The number of hydrogen-bond acceptors (Lipinski definition) is 9. The van der Waals surface area contributed by atoms with Crippen molar-refractivity contribution >= 4 is 63.3 Å². The number of anilines is 2. The Balaban J connectivity index is 1.45. The molecular weight excluding hydrogens is 530 g/mol. The van der Waals surface area contributed by atoms with Gasteiger partial charge in [-0.3, -0.25) is 24.6 Å². The number of nitro benzene ring substituents is 1. The summed E-state index contributed by atoms with van der Waals surface area (Å²) in [5, 5.41) is 13.6. The second-order valence-electron chi connectivity index (χ2n) is 7.74. The molecule has 12 heteroatoms. The van der Waals surface area contributed by atoms with Crippen molar-refractivity contribution in [3.05, 3.63) is 87.3 Å². The predicted molar refractivity (Wildman–Crippen MR) is 149 cm³/mol. The molecule has 0 aromatic heterocycles. The third-order valence-electron chi connectivity index (χ3n) is 5.34. The summed E-state index contributed by atoms with van der Waals surface area (Å²) in [6.07, 6.45) is 1.66. The zero-order chi connectivity index (χ0) is 27.2. The van der Waals surface area contributed by atoms with Gasteiger partial charge in [-0.15, -0.1) is 0 Å². The summed E-state index contributed by atoms with van der Waals surface area (Å²) >= 11 is 6.49. The number of benzene rings is 3. The van der Waals surface area contributed by atoms with E-state index in [-0.39, 0.29) is 24.1 Å². The topological polar surface area (TPSA) is 120 Å². The number of ether oxygens (including phenoxy) is 3. The molecule has 194 valence electrons. The molecule has 2 amide bonds. The molecule has 0 spiro atoms. The van der Waals surface area contributed by atoms with Crippen LogP contribution in [0.4, 0.5) is 17.1 Å². The third-order valence-corrected chi connectivity index (χ3v) is 6.64. The van der Waals surface area contributed by atoms with Crippen LogP contribution >= 0.6 is 24.0 Å². The number of hydrogen-bond donors (Lipinski definition) is 1. The highest BCUT2D eigenvalue weighted by Crippen LogP contribution is 2.37. The quantitative estimate of drug-likeness (QED) is 0.169. The Morgan fingerprint density at radius 2 is 1.76 bits per heavy atom. The molecule has 0 radical (unpaired) electrons. The smallest absolute Gasteiger partial charge is 0.270 e. The number of nitro groups is 1. The fraction of sp³-hybridized carbons (Fsp3) is 0.115. The van der Waals surface area contributed by atoms with Crippen molar-refractivity contribution in [1.29, 1.82) is 0 Å². The number of non-ortho nitro benzene ring substituents is 1. The van der Waals surface area contributed by atoms with Crippen molar-refractivity contribution in [2.75, 3.05) is 31.0 Å². The van der Waals surface area contributed by atoms with Gasteiger partial charge in [0.05, 0.1) is 35.4 Å². The summed E-state index contributed by atoms with van der Waals surface area (Å²) in [4.78, 5) is 37.5. The molecule has 0 saturated carbocycles. The summed E-state index contributed by atoms with van der Waals surface area (Å²) in [7, 11) is 2.98. The van der Waals surface area contributed by atoms with Gasteiger partial charge < -0.3 is 19.5 Å². The number of methoxy groups -OCH3 is 2. The molecular formula is C26H21N3O7S2. The largest absolute Gasteiger partial charge is 0.495 e. The molecule has 0 atom stereocenters. The van der Waals surface area contributed by atoms with Crippen LogP contribution in [0, 0.1) is 10.1 Å². The van der Waals surface area contributed by atoms with E-state index >= 15 is 0 Å². The average Bonchev–Trinajstić information content (AvgIpc) is 3.20. The minimum atomic E-state index is -0.512. The van der Waals surface area contributed by atoms with Gasteiger partial charge in [-0.25, -0.2) is 0 Å². The fourth-order valence-electron chi connectivity index (χ4n) is 3.54. The Morgan fingerprint density at radius 1 is 1.05 bits per heavy atom. The van der Waals surface area contributed by atoms with Crippen molar-refractivity contribution < 1.29 is 28.7 Å². The van der Waals surface area contributed by atoms with E-state index in [1.807, 2.05) is 0 Å². The van der Waals surface area contributed by atoms with E-state index in [9.17, 15) is 19.7 Å². The standard InChI is InChI=1S/C26H21N3O7S2/c1-34-20-6-4-3-5-19(20)27-24(30)15-36-21-12-7-16(13-22(21)35-2)14-23-25(31)28(26(37)38-23)17-8-10-18(11-9-17)29(32)33/h3-14H,15H2,1-2H3,(H,27,30)/b23-14+. The van der Waals surface area contributed by atoms with E-state index in [2.05, 4.69) is 5.32 Å². The second kappa shape index (κ2) is 11.8. The lowest BCUT2D eigenvalue weighted by atomic mass is 10.1. The van der Waals surface area contributed by atoms with Gasteiger partial charge in [0.15, 0.2) is 22.4 Å². The van der Waals surface area contributed by atoms with Gasteiger partial charge in [0.1, 0.15) is 5.75 Å². The third kappa shape index (κ3) is 5.93. The maximum atomic E-state index is 13.0. The lowest BCUT2D eigenvalue weighted by molar-refractivity contribution is -0.384. The van der Waals surface area contributed by atoms with E-state index in [1.54, 1.807) is 48.5 Å². The summed E-state index contributed by atoms with van der Waals surface area (Å²) < 4.78 is 16.6. The molecule has 38 heavy (non-hydrogen) atoms. The highest BCUT2D eigenvalue weighted by Gasteiger charge is 2.33. The number of nitrogens with zero attached hydrogens (tertiary/aromatic N) is 2. The molecule has 3 aromatic carbocycles. The van der Waals surface area contributed by atoms with Crippen LogP contribution in [0.3, 0.4) is 0 Å². The fourth-order valence-corrected chi connectivity index (χ4v) is 4.83. The Hall–Kier alpha value is -4.42. The minimum absolute atomic E-state index is 0.0820. The molecule has 1 aliphatic heterocycles. The predicted octanol–water partition coefficient (Wildman–Crippen LogP) is 5.04. The number of para-hydroxylation sites is 2. The van der Waals surface area contributed by atoms with Crippen LogP contribution in [0.15, 0.2) is 71.6 Å². The lowest BCUT2D eigenvalue weighted by Gasteiger charge is -2.14. The molecule has 3 aromatic rings. The summed E-state index contributed by atoms with van der Waals surface area (Å²) in [6.45, 7) is -0.262. The van der Waals surface area contributed by atoms with Gasteiger partial charge in [-0.2, -0.15) is 0 Å². The Morgan fingerprint density at radius 3 is 2.45 bits per heavy atom. The monoisotopic (exact) mass is 551 g/mol. The Bertz CT molecular complexity index is 1440. The molecule has 4 rings (SSSR count). The molecule has 0 bridgehead atoms. The van der Waals surface area contributed by atoms with Crippen molar-refractivity contribution in [1.82, 2.24) is 0 Å². The van der Waals surface area contributed by atoms with Crippen LogP contribution in [-0.2, 0) is 9.59 Å². The van der Waals surface area contributed by atoms with Gasteiger partial charge in [0, 0.05) is 12.1 Å². The Kier molecular flexibility index (Phi) is 8.24. The Labute approximate surface area is 227 Å². The normalized spacial score (nSPS) is 13.9. The van der Waals surface area contributed by atoms with Crippen molar-refractivity contribution in [3.63, 3.8) is 0 Å². The first kappa shape index (κ1) is 26.6. The summed E-state index contributed by atoms with van der Waals surface area (Å²) in [5.41, 5.74) is 1.53. The van der Waals surface area contributed by atoms with Gasteiger partial charge in [-0.05, 0) is 48.0 Å². The number of thiocarbonyl (C=S) groups is 1. The maximum absolute atomic E-state index is 13.0. The zero-order valence-corrected chi connectivity index (χ0v) is 21.8. The number of nitrogens with one attached hydrogen (secondary N) is 1. The van der Waals surface area contributed by atoms with E-state index < -0.39 is 4.92 Å². The number of carbonyl (C=O) groups is 2. The molecule has 0 unspecified atom stereocenters. The van der Waals surface area contributed by atoms with Crippen LogP contribution in [0.5, 0.6) is 17.2 Å². The highest BCUT2D eigenvalue weighted by atomic mass is 32.2. The number of carbonyl (C=O) groups excluding carboxylic acids is 2. The van der Waals surface area contributed by atoms with E-state index in [0.29, 0.717) is 43.4 Å². The average molecular weight is 552 g/mol. The van der Waals surface area contributed by atoms with E-state index in [4.69, 9.17) is 26.4 Å². The first-order valence-electron chi connectivity index (χ1n) is 11.1. The molecule has 1 heterocycles. The van der Waals surface area contributed by atoms with Crippen molar-refractivity contribution in [3.8, 4) is 17.2 Å². The van der Waals surface area contributed by atoms with Crippen LogP contribution < -0.4 is 24.4 Å². The molecule has 10 nitrogen and oxygen atoms in total. The van der Waals surface area contributed by atoms with Gasteiger partial charge in [0.2, 0.25) is 0 Å². The van der Waals surface area contributed by atoms with Gasteiger partial charge in [-0.1, -0.05) is 42.2 Å². The van der Waals surface area contributed by atoms with Crippen LogP contribution in [-0.4, -0.2) is 41.9 Å². The van der Waals surface area contributed by atoms with Crippen LogP contribution in [0.1, 0.15) is 5.56 Å². The maximum Gasteiger partial charge on any atom is 0.270 e. The lowest BCUT2D eigenvalue weighted by Crippen LogP contribution is -2.27. The molecule has 1 N–H and O–H groups in total. The number of rotatable bonds is 9. The van der Waals surface area contributed by atoms with Gasteiger partial charge >= 0.3 is 0 Å². The number of amides is 2. The first-order chi connectivity index (χ1) is 18.3. The summed E-state index contributed by atoms with van der Waals surface area (Å²) in [6, 6.07) is 17.6. The zero-order valence-electron chi connectivity index (χ0n) is 20.2. The highest BCUT2D eigenvalue weighted by molar-refractivity contribution is 8.27. The molecule has 1 saturated heterocycles. The number of thioether (sulfide) groups is 1. The second-order valence-corrected chi connectivity index (χ2v) is 9.41. The first-order valence-corrected chi connectivity index (χ1v) is 12.3. The SMILES string of the molecule is COc1ccccc1NC(=O)COc1ccc(/C=C2/SC(=S)N(c3ccc([N+](=O)[O-])cc3)C2=O)cc1OC. The molecule has 1 fully saturated rings. The van der Waals surface area contributed by atoms with Crippen LogP contribution in [0.2, 0.25) is 0 Å². The van der Waals surface area contributed by atoms with Gasteiger partial charge in [0.25, 0.3) is 17.5 Å². The molecule has 1 aliphatic rings. The van der Waals surface area contributed by atoms with Crippen LogP contribution in [0.25, 0.3) is 6.08 Å². The van der Waals surface area contributed by atoms with Crippen molar-refractivity contribution in [2.24, 2.45) is 0 Å². The summed E-state index contributed by atoms with van der Waals surface area (Å²) in [5.74, 6) is 0.520. The molecule has 0 aliphatic carbocycles.